The maximum Gasteiger partial charge on any atom is 1.00 e. The van der Waals surface area contributed by atoms with Crippen LogP contribution < -0.4 is 59.6 Å². The average Bonchev–Trinajstić information content (AvgIpc) is 1.50. The number of ketones is 1. The average molecular weight is 1600 g/mol. The molecule has 3 aliphatic carbocycles. The Morgan fingerprint density at radius 1 is 0.570 bits per heavy atom. The third-order valence-electron chi connectivity index (χ3n) is 22.1. The van der Waals surface area contributed by atoms with Gasteiger partial charge in [0.1, 0.15) is 39.8 Å². The van der Waals surface area contributed by atoms with Crippen LogP contribution in [0.1, 0.15) is 119 Å². The first-order valence-electron chi connectivity index (χ1n) is 35.8. The van der Waals surface area contributed by atoms with Crippen molar-refractivity contribution in [2.75, 3.05) is 82.5 Å². The minimum Gasteiger partial charge on any atom is -0.857 e. The van der Waals surface area contributed by atoms with Gasteiger partial charge in [0.25, 0.3) is 17.7 Å². The number of carbonyl (C=O) groups is 6. The van der Waals surface area contributed by atoms with Crippen LogP contribution in [0.25, 0.3) is 54.3 Å². The van der Waals surface area contributed by atoms with Gasteiger partial charge in [0.05, 0.1) is 22.7 Å². The number of H-pyrrole nitrogens is 3. The predicted molar refractivity (Wildman–Crippen MR) is 422 cm³/mol. The molecule has 9 aliphatic rings. The van der Waals surface area contributed by atoms with Crippen molar-refractivity contribution in [3.8, 4) is 11.5 Å². The van der Waals surface area contributed by atoms with Crippen LogP contribution in [0.15, 0.2) is 151 Å². The van der Waals surface area contributed by atoms with Crippen molar-refractivity contribution < 1.29 is 83.1 Å². The Morgan fingerprint density at radius 2 is 1.03 bits per heavy atom. The summed E-state index contributed by atoms with van der Waals surface area (Å²) in [5.41, 5.74) is 13.6. The quantitative estimate of drug-likeness (QED) is 0.0694. The van der Waals surface area contributed by atoms with Gasteiger partial charge < -0.3 is 59.8 Å². The van der Waals surface area contributed by atoms with Gasteiger partial charge in [-0.1, -0.05) is 88.8 Å². The second kappa shape index (κ2) is 28.6. The molecule has 20 nitrogen and oxygen atoms in total. The van der Waals surface area contributed by atoms with E-state index in [9.17, 15) is 39.0 Å². The van der Waals surface area contributed by atoms with E-state index in [0.717, 1.165) is 137 Å². The summed E-state index contributed by atoms with van der Waals surface area (Å²) in [7, 11) is 0.750. The number of amides is 5. The summed E-state index contributed by atoms with van der Waals surface area (Å²) in [5.74, 6) is 1.02. The summed E-state index contributed by atoms with van der Waals surface area (Å²) < 4.78 is 11.2. The van der Waals surface area contributed by atoms with Gasteiger partial charge in [-0.15, -0.1) is 28.6 Å². The molecule has 6 N–H and O–H groups in total. The fourth-order valence-electron chi connectivity index (χ4n) is 17.6. The zero-order valence-corrected chi connectivity index (χ0v) is 66.8. The Bertz CT molecular complexity index is 5460. The fourth-order valence-corrected chi connectivity index (χ4v) is 18.4. The van der Waals surface area contributed by atoms with Gasteiger partial charge in [-0.3, -0.25) is 29.0 Å². The van der Waals surface area contributed by atoms with E-state index in [4.69, 9.17) is 26.2 Å². The first-order valence-corrected chi connectivity index (χ1v) is 37.4. The van der Waals surface area contributed by atoms with Crippen molar-refractivity contribution in [1.29, 1.82) is 0 Å². The number of likely N-dealkylation sites (tertiary alicyclic amines) is 1. The molecule has 546 valence electrons. The number of phenols is 2. The van der Waals surface area contributed by atoms with Gasteiger partial charge in [-0.2, -0.15) is 7.11 Å². The summed E-state index contributed by atoms with van der Waals surface area (Å²) in [6.45, 7) is 14.8. The van der Waals surface area contributed by atoms with Gasteiger partial charge >= 0.3 is 41.7 Å². The molecule has 4 unspecified atom stereocenters. The first kappa shape index (κ1) is 75.0. The van der Waals surface area contributed by atoms with Crippen LogP contribution >= 0.6 is 44.5 Å². The Balaban J connectivity index is 0.000000132. The number of rotatable bonds is 5. The molecule has 1 saturated carbocycles. The molecule has 6 aliphatic heterocycles. The first-order chi connectivity index (χ1) is 50.5. The van der Waals surface area contributed by atoms with Crippen molar-refractivity contribution >= 4 is 163 Å². The summed E-state index contributed by atoms with van der Waals surface area (Å²) in [6, 6.07) is 36.4. The van der Waals surface area contributed by atoms with Crippen molar-refractivity contribution in [3.05, 3.63) is 196 Å². The molecule has 3 aromatic heterocycles. The molecule has 1 saturated heterocycles. The molecule has 107 heavy (non-hydrogen) atoms. The number of aromatic amines is 3. The number of piperidine rings is 1. The number of hydrogen-bond acceptors (Lipinski definition) is 12. The Kier molecular flexibility index (Phi) is 20.0. The number of phenolic OH excluding ortho intramolecular Hbond substituents is 2. The third-order valence-corrected chi connectivity index (χ3v) is 23.3. The van der Waals surface area contributed by atoms with E-state index in [2.05, 4.69) is 48.3 Å². The van der Waals surface area contributed by atoms with Crippen molar-refractivity contribution in [3.63, 3.8) is 0 Å². The molecule has 19 rings (SSSR count). The van der Waals surface area contributed by atoms with Crippen molar-refractivity contribution in [2.45, 2.75) is 90.3 Å². The Labute approximate surface area is 664 Å². The van der Waals surface area contributed by atoms with Crippen molar-refractivity contribution in [2.24, 2.45) is 23.2 Å². The standard InChI is InChI=1S/C29H28ClN3O4.C29H29N3O4.C24H20BrN3O2.CH3O.BrH.Na/c1-29(2,3)37-28(36)32-11-10-17-20-12-22(31-21(20)8-9-23(17)32)27(35)33-15-16(14-30)26-19-7-5-4-6-18(19)25(34)13-24(26)33;1-28(2,3)36-27(35)31-11-10-17-19-12-22(30-21(19)8-9-23(17)31)26(34)32-15-16-14-29(16)20-7-5-4-6-18(20)24(33)13-25(29)32;25-11-13-12-28(21-10-22(29)15-3-1-2-4-16(15)23(13)21)24(30)20-9-17-14-7-8-26-18(14)5-6-19(17)27-20;1-2;;/h4-9,12-13,16,31,34H,10-11,14-15H2,1-3H3;4-9,12-13,16,18,20,30H,10-11,14-15H2,1-3H3;1-6,9-10,13,26-27,29H,7-8,11-12H2;1H3;1H;/q;;;-1;;+1/t16-;;13-;;;/m1.1.../s1. The normalized spacial score (nSPS) is 20.7. The smallest absolute Gasteiger partial charge is 0.857 e. The molecule has 7 aromatic carbocycles. The van der Waals surface area contributed by atoms with Crippen LogP contribution in [0.3, 0.4) is 0 Å². The zero-order valence-electron chi connectivity index (χ0n) is 60.7. The number of aromatic hydroxyl groups is 2. The Morgan fingerprint density at radius 3 is 1.52 bits per heavy atom. The predicted octanol–water partition coefficient (Wildman–Crippen LogP) is 12.8. The molecule has 10 aromatic rings. The number of anilines is 5. The number of halogens is 3. The summed E-state index contributed by atoms with van der Waals surface area (Å²) in [4.78, 5) is 98.1. The molecular weight excluding hydrogens is 1520 g/mol. The van der Waals surface area contributed by atoms with Gasteiger partial charge in [0.2, 0.25) is 0 Å². The number of alkyl halides is 2. The molecule has 6 atom stereocenters. The topological polar surface area (TPSA) is 260 Å². The van der Waals surface area contributed by atoms with E-state index in [-0.39, 0.29) is 123 Å². The maximum absolute atomic E-state index is 13.8. The molecule has 5 amide bonds. The zero-order chi connectivity index (χ0) is 73.4. The molecule has 9 heterocycles. The van der Waals surface area contributed by atoms with Gasteiger partial charge in [-0.25, -0.2) is 9.59 Å². The number of aromatic nitrogens is 3. The summed E-state index contributed by atoms with van der Waals surface area (Å²) >= 11 is 9.98. The van der Waals surface area contributed by atoms with Gasteiger partial charge in [-0.05, 0) is 166 Å². The summed E-state index contributed by atoms with van der Waals surface area (Å²) in [6.07, 6.45) is 12.5. The number of nitrogens with one attached hydrogen (secondary N) is 4. The number of nitrogens with zero attached hydrogens (tertiary/aromatic N) is 5. The van der Waals surface area contributed by atoms with Crippen LogP contribution in [-0.2, 0) is 33.5 Å². The molecule has 2 fully saturated rings. The van der Waals surface area contributed by atoms with E-state index in [1.165, 1.54) is 5.56 Å². The van der Waals surface area contributed by atoms with E-state index in [0.29, 0.717) is 80.1 Å². The SMILES string of the molecule is Br.CC(C)(C)OC(=O)N1CCc2c1ccc1[nH]c(C(=O)N3CC4CC45C3=CC(=O)C3C=CC=CC35)cc21.CC(C)(C)OC(=O)N1CCc2c1ccc1[nH]c(C(=O)N3C[C@@H](CCl)c4c3cc(O)c3ccccc43)cc21.C[O-].O=C(c1cc2c3c(ccc2[nH]1)NCC3)N1C[C@@H](CBr)c2c1cc(O)c1ccccc21.[Na+]. The largest absolute Gasteiger partial charge is 1.00 e. The number of carbonyl (C=O) groups excluding carboxylic acids is 6. The van der Waals surface area contributed by atoms with Crippen LogP contribution in [0.2, 0.25) is 0 Å². The second-order valence-electron chi connectivity index (χ2n) is 30.5. The number of allylic oxidation sites excluding steroid dienone is 6. The molecular formula is C83H81Br2ClN9NaO11. The Hall–Kier alpha value is -8.87. The van der Waals surface area contributed by atoms with Gasteiger partial charge in [0, 0.05) is 153 Å². The summed E-state index contributed by atoms with van der Waals surface area (Å²) in [5, 5.41) is 40.2. The van der Waals surface area contributed by atoms with Crippen molar-refractivity contribution in [1.82, 2.24) is 19.9 Å². The molecule has 0 bridgehead atoms. The second-order valence-corrected chi connectivity index (χ2v) is 31.4. The number of fused-ring (bicyclic) bond motifs is 16. The molecule has 24 heteroatoms. The van der Waals surface area contributed by atoms with E-state index in [1.54, 1.807) is 37.8 Å². The van der Waals surface area contributed by atoms with E-state index < -0.39 is 11.2 Å². The third kappa shape index (κ3) is 12.8. The van der Waals surface area contributed by atoms with E-state index >= 15 is 0 Å². The minimum absolute atomic E-state index is 0. The number of benzene rings is 7. The fraction of sp³-hybridized carbons (Fsp3) is 0.325. The van der Waals surface area contributed by atoms with E-state index in [1.807, 2.05) is 162 Å². The van der Waals surface area contributed by atoms with Crippen LogP contribution in [-0.4, -0.2) is 135 Å². The van der Waals surface area contributed by atoms with Crippen LogP contribution in [0.4, 0.5) is 38.0 Å². The van der Waals surface area contributed by atoms with Crippen LogP contribution in [0, 0.1) is 23.2 Å². The molecule has 0 radical (unpaired) electrons. The minimum atomic E-state index is -0.579. The number of ether oxygens (including phenoxy) is 2. The monoisotopic (exact) mass is 1600 g/mol. The van der Waals surface area contributed by atoms with Gasteiger partial charge in [0.15, 0.2) is 5.78 Å². The molecule has 1 spiro atoms. The van der Waals surface area contributed by atoms with Crippen LogP contribution in [0.5, 0.6) is 11.5 Å². The maximum atomic E-state index is 13.8. The number of hydrogen-bond donors (Lipinski definition) is 6.